The third-order valence-corrected chi connectivity index (χ3v) is 2.75. The highest BCUT2D eigenvalue weighted by molar-refractivity contribution is 6.05. The van der Waals surface area contributed by atoms with Crippen LogP contribution in [0.3, 0.4) is 0 Å². The Balaban J connectivity index is 2.10. The summed E-state index contributed by atoms with van der Waals surface area (Å²) in [5.74, 6) is 0.786. The average Bonchev–Trinajstić information content (AvgIpc) is 2.47. The van der Waals surface area contributed by atoms with Crippen molar-refractivity contribution in [3.63, 3.8) is 0 Å². The van der Waals surface area contributed by atoms with Gasteiger partial charge in [0.15, 0.2) is 0 Å². The minimum atomic E-state index is -0.209. The van der Waals surface area contributed by atoms with Gasteiger partial charge in [0.05, 0.1) is 0 Å². The number of benzene rings is 1. The van der Waals surface area contributed by atoms with Gasteiger partial charge in [0.1, 0.15) is 11.7 Å². The summed E-state index contributed by atoms with van der Waals surface area (Å²) in [7, 11) is 0. The number of aliphatic imine (C=N–C) groups is 1. The second-order valence-electron chi connectivity index (χ2n) is 4.85. The first-order valence-electron chi connectivity index (χ1n) is 6.72. The third kappa shape index (κ3) is 4.14. The number of pyridine rings is 1. The van der Waals surface area contributed by atoms with E-state index in [4.69, 9.17) is 5.73 Å². The zero-order valence-electron chi connectivity index (χ0n) is 12.1. The number of amidine groups is 1. The summed E-state index contributed by atoms with van der Waals surface area (Å²) in [5.41, 5.74) is 7.23. The Morgan fingerprint density at radius 3 is 2.38 bits per heavy atom. The lowest BCUT2D eigenvalue weighted by atomic mass is 10.1. The van der Waals surface area contributed by atoms with E-state index in [1.807, 2.05) is 19.9 Å². The number of nitrogens with two attached hydrogens (primary N) is 1. The van der Waals surface area contributed by atoms with E-state index in [0.717, 1.165) is 5.56 Å². The van der Waals surface area contributed by atoms with Crippen LogP contribution in [-0.2, 0) is 0 Å². The Morgan fingerprint density at radius 2 is 1.81 bits per heavy atom. The van der Waals surface area contributed by atoms with E-state index in [0.29, 0.717) is 17.2 Å². The van der Waals surface area contributed by atoms with Gasteiger partial charge in [-0.2, -0.15) is 0 Å². The van der Waals surface area contributed by atoms with Crippen molar-refractivity contribution >= 4 is 17.6 Å². The van der Waals surface area contributed by atoms with Crippen LogP contribution in [-0.4, -0.2) is 22.8 Å². The Kier molecular flexibility index (Phi) is 4.66. The van der Waals surface area contributed by atoms with Crippen LogP contribution < -0.4 is 11.1 Å². The van der Waals surface area contributed by atoms with E-state index in [1.165, 1.54) is 0 Å². The van der Waals surface area contributed by atoms with Crippen molar-refractivity contribution in [2.45, 2.75) is 19.9 Å². The second-order valence-corrected chi connectivity index (χ2v) is 4.85. The van der Waals surface area contributed by atoms with Gasteiger partial charge in [-0.05, 0) is 38.1 Å². The summed E-state index contributed by atoms with van der Waals surface area (Å²) in [6.45, 7) is 3.92. The molecule has 5 nitrogen and oxygen atoms in total. The van der Waals surface area contributed by atoms with E-state index in [1.54, 1.807) is 42.6 Å². The fraction of sp³-hybridized carbons (Fsp3) is 0.188. The molecule has 0 fully saturated rings. The van der Waals surface area contributed by atoms with E-state index in [2.05, 4.69) is 15.3 Å². The van der Waals surface area contributed by atoms with Gasteiger partial charge in [-0.25, -0.2) is 4.98 Å². The second kappa shape index (κ2) is 6.65. The number of carbonyl (C=O) groups is 1. The molecule has 0 bridgehead atoms. The number of aromatic nitrogens is 1. The number of carbonyl (C=O) groups excluding carboxylic acids is 1. The van der Waals surface area contributed by atoms with Gasteiger partial charge in [0.2, 0.25) is 0 Å². The quantitative estimate of drug-likeness (QED) is 0.667. The predicted octanol–water partition coefficient (Wildman–Crippen LogP) is 2.45. The zero-order valence-corrected chi connectivity index (χ0v) is 12.1. The molecule has 0 saturated heterocycles. The molecule has 5 heteroatoms. The zero-order chi connectivity index (χ0) is 15.2. The Morgan fingerprint density at radius 1 is 1.14 bits per heavy atom. The van der Waals surface area contributed by atoms with Gasteiger partial charge in [-0.15, -0.1) is 0 Å². The number of nitrogens with one attached hydrogen (secondary N) is 1. The Labute approximate surface area is 123 Å². The summed E-state index contributed by atoms with van der Waals surface area (Å²) in [6.07, 6.45) is 1.63. The van der Waals surface area contributed by atoms with Crippen LogP contribution in [0.15, 0.2) is 53.7 Å². The SMILES string of the molecule is CC(C)N=C(N)c1ccc(C(=O)Nc2ccccn2)cc1. The van der Waals surface area contributed by atoms with E-state index in [9.17, 15) is 4.79 Å². The molecule has 0 saturated carbocycles. The first-order valence-corrected chi connectivity index (χ1v) is 6.72. The van der Waals surface area contributed by atoms with Gasteiger partial charge < -0.3 is 11.1 Å². The topological polar surface area (TPSA) is 80.4 Å². The summed E-state index contributed by atoms with van der Waals surface area (Å²) >= 11 is 0. The Hall–Kier alpha value is -2.69. The largest absolute Gasteiger partial charge is 0.383 e. The summed E-state index contributed by atoms with van der Waals surface area (Å²) in [5, 5.41) is 2.73. The number of anilines is 1. The molecule has 0 radical (unpaired) electrons. The van der Waals surface area contributed by atoms with Gasteiger partial charge in [-0.3, -0.25) is 9.79 Å². The highest BCUT2D eigenvalue weighted by Crippen LogP contribution is 2.08. The molecule has 0 aliphatic carbocycles. The molecule has 0 aliphatic heterocycles. The van der Waals surface area contributed by atoms with Gasteiger partial charge in [0, 0.05) is 23.4 Å². The molecule has 3 N–H and O–H groups in total. The molecule has 2 aromatic rings. The van der Waals surface area contributed by atoms with Crippen molar-refractivity contribution < 1.29 is 4.79 Å². The predicted molar refractivity (Wildman–Crippen MR) is 84.5 cm³/mol. The van der Waals surface area contributed by atoms with E-state index >= 15 is 0 Å². The molecule has 108 valence electrons. The molecule has 1 amide bonds. The summed E-state index contributed by atoms with van der Waals surface area (Å²) in [6, 6.07) is 12.5. The minimum Gasteiger partial charge on any atom is -0.383 e. The highest BCUT2D eigenvalue weighted by atomic mass is 16.1. The lowest BCUT2D eigenvalue weighted by molar-refractivity contribution is 0.102. The number of nitrogens with zero attached hydrogens (tertiary/aromatic N) is 2. The maximum Gasteiger partial charge on any atom is 0.256 e. The van der Waals surface area contributed by atoms with Crippen LogP contribution in [0, 0.1) is 0 Å². The van der Waals surface area contributed by atoms with E-state index in [-0.39, 0.29) is 11.9 Å². The van der Waals surface area contributed by atoms with Gasteiger partial charge in [0.25, 0.3) is 5.91 Å². The van der Waals surface area contributed by atoms with Crippen LogP contribution >= 0.6 is 0 Å². The molecule has 1 aromatic heterocycles. The molecule has 0 unspecified atom stereocenters. The fourth-order valence-corrected chi connectivity index (χ4v) is 1.77. The van der Waals surface area contributed by atoms with Crippen molar-refractivity contribution in [1.29, 1.82) is 0 Å². The maximum absolute atomic E-state index is 12.1. The third-order valence-electron chi connectivity index (χ3n) is 2.75. The molecule has 0 spiro atoms. The first-order chi connectivity index (χ1) is 10.1. The molecule has 0 atom stereocenters. The molecule has 2 rings (SSSR count). The first kappa shape index (κ1) is 14.7. The fourth-order valence-electron chi connectivity index (χ4n) is 1.77. The minimum absolute atomic E-state index is 0.136. The van der Waals surface area contributed by atoms with Crippen molar-refractivity contribution in [3.05, 3.63) is 59.8 Å². The van der Waals surface area contributed by atoms with Crippen LogP contribution in [0.4, 0.5) is 5.82 Å². The standard InChI is InChI=1S/C16H18N4O/c1-11(2)19-15(17)12-6-8-13(9-7-12)16(21)20-14-5-3-4-10-18-14/h3-11H,1-2H3,(H2,17,19)(H,18,20,21). The van der Waals surface area contributed by atoms with Crippen LogP contribution in [0.2, 0.25) is 0 Å². The van der Waals surface area contributed by atoms with Crippen molar-refractivity contribution in [2.24, 2.45) is 10.7 Å². The van der Waals surface area contributed by atoms with Crippen molar-refractivity contribution in [1.82, 2.24) is 4.98 Å². The van der Waals surface area contributed by atoms with Crippen LogP contribution in [0.25, 0.3) is 0 Å². The van der Waals surface area contributed by atoms with E-state index < -0.39 is 0 Å². The molecule has 0 aliphatic rings. The highest BCUT2D eigenvalue weighted by Gasteiger charge is 2.07. The lowest BCUT2D eigenvalue weighted by Gasteiger charge is -2.06. The number of hydrogen-bond acceptors (Lipinski definition) is 3. The van der Waals surface area contributed by atoms with Crippen molar-refractivity contribution in [3.8, 4) is 0 Å². The van der Waals surface area contributed by atoms with Crippen molar-refractivity contribution in [2.75, 3.05) is 5.32 Å². The van der Waals surface area contributed by atoms with Gasteiger partial charge in [-0.1, -0.05) is 18.2 Å². The van der Waals surface area contributed by atoms with Crippen LogP contribution in [0.5, 0.6) is 0 Å². The monoisotopic (exact) mass is 282 g/mol. The molecule has 1 heterocycles. The Bertz CT molecular complexity index is 633. The number of hydrogen-bond donors (Lipinski definition) is 2. The smallest absolute Gasteiger partial charge is 0.256 e. The molecule has 21 heavy (non-hydrogen) atoms. The molecular formula is C16H18N4O. The maximum atomic E-state index is 12.1. The molecule has 1 aromatic carbocycles. The summed E-state index contributed by atoms with van der Waals surface area (Å²) in [4.78, 5) is 20.4. The summed E-state index contributed by atoms with van der Waals surface area (Å²) < 4.78 is 0. The average molecular weight is 282 g/mol. The number of amides is 1. The lowest BCUT2D eigenvalue weighted by Crippen LogP contribution is -2.17. The van der Waals surface area contributed by atoms with Crippen LogP contribution in [0.1, 0.15) is 29.8 Å². The normalized spacial score (nSPS) is 11.5. The number of rotatable bonds is 4. The molecular weight excluding hydrogens is 264 g/mol. The van der Waals surface area contributed by atoms with Gasteiger partial charge >= 0.3 is 0 Å².